The van der Waals surface area contributed by atoms with Gasteiger partial charge in [0.05, 0.1) is 6.04 Å². The van der Waals surface area contributed by atoms with Crippen LogP contribution in [0.25, 0.3) is 0 Å². The second-order valence-corrected chi connectivity index (χ2v) is 5.79. The third-order valence-corrected chi connectivity index (χ3v) is 4.16. The van der Waals surface area contributed by atoms with Gasteiger partial charge in [-0.2, -0.15) is 0 Å². The molecule has 1 aromatic carbocycles. The highest BCUT2D eigenvalue weighted by molar-refractivity contribution is 5.30. The van der Waals surface area contributed by atoms with Gasteiger partial charge in [0.1, 0.15) is 0 Å². The maximum Gasteiger partial charge on any atom is 0.0578 e. The fourth-order valence-electron chi connectivity index (χ4n) is 2.71. The van der Waals surface area contributed by atoms with Gasteiger partial charge in [-0.3, -0.25) is 4.98 Å². The minimum Gasteiger partial charge on any atom is -0.305 e. The van der Waals surface area contributed by atoms with Gasteiger partial charge in [0.2, 0.25) is 0 Å². The van der Waals surface area contributed by atoms with E-state index in [1.165, 1.54) is 24.0 Å². The molecule has 0 radical (unpaired) electrons. The number of rotatable bonds is 7. The molecule has 110 valence electrons. The van der Waals surface area contributed by atoms with Crippen LogP contribution in [0.15, 0.2) is 54.9 Å². The summed E-state index contributed by atoms with van der Waals surface area (Å²) in [4.78, 5) is 6.59. The van der Waals surface area contributed by atoms with Crippen LogP contribution in [0.3, 0.4) is 0 Å². The molecule has 3 rings (SSSR count). The first-order valence-electron chi connectivity index (χ1n) is 7.73. The van der Waals surface area contributed by atoms with Crippen LogP contribution in [0.2, 0.25) is 0 Å². The van der Waals surface area contributed by atoms with Gasteiger partial charge < -0.3 is 10.2 Å². The van der Waals surface area contributed by atoms with Crippen molar-refractivity contribution in [2.24, 2.45) is 0 Å². The van der Waals surface area contributed by atoms with Gasteiger partial charge >= 0.3 is 0 Å². The summed E-state index contributed by atoms with van der Waals surface area (Å²) in [5.74, 6) is 0. The Kier molecular flexibility index (Phi) is 4.63. The van der Waals surface area contributed by atoms with Gasteiger partial charge in [-0.15, -0.1) is 0 Å². The minimum atomic E-state index is 0.238. The number of nitrogens with one attached hydrogen (secondary N) is 1. The lowest BCUT2D eigenvalue weighted by Crippen LogP contribution is -2.33. The van der Waals surface area contributed by atoms with E-state index in [4.69, 9.17) is 0 Å². The molecule has 1 fully saturated rings. The van der Waals surface area contributed by atoms with Crippen molar-refractivity contribution >= 4 is 0 Å². The van der Waals surface area contributed by atoms with Gasteiger partial charge in [0.15, 0.2) is 0 Å². The molecule has 0 aliphatic heterocycles. The lowest BCUT2D eigenvalue weighted by molar-refractivity contribution is 0.318. The van der Waals surface area contributed by atoms with Crippen LogP contribution in [0, 0.1) is 0 Å². The number of aromatic nitrogens is 1. The first-order chi connectivity index (χ1) is 10.3. The van der Waals surface area contributed by atoms with Crippen LogP contribution >= 0.6 is 0 Å². The van der Waals surface area contributed by atoms with Crippen LogP contribution in [0.5, 0.6) is 0 Å². The van der Waals surface area contributed by atoms with Crippen molar-refractivity contribution in [3.63, 3.8) is 0 Å². The van der Waals surface area contributed by atoms with E-state index in [0.717, 1.165) is 19.1 Å². The van der Waals surface area contributed by atoms with E-state index >= 15 is 0 Å². The van der Waals surface area contributed by atoms with Crippen LogP contribution in [-0.2, 0) is 0 Å². The first kappa shape index (κ1) is 14.2. The summed E-state index contributed by atoms with van der Waals surface area (Å²) < 4.78 is 0. The maximum atomic E-state index is 4.13. The Morgan fingerprint density at radius 2 is 1.76 bits per heavy atom. The maximum absolute atomic E-state index is 4.13. The number of nitrogens with zero attached hydrogens (tertiary/aromatic N) is 2. The van der Waals surface area contributed by atoms with Crippen molar-refractivity contribution in [3.05, 3.63) is 66.0 Å². The van der Waals surface area contributed by atoms with Gasteiger partial charge in [0, 0.05) is 31.5 Å². The molecule has 1 heterocycles. The molecule has 1 unspecified atom stereocenters. The minimum absolute atomic E-state index is 0.238. The van der Waals surface area contributed by atoms with Crippen molar-refractivity contribution < 1.29 is 0 Å². The van der Waals surface area contributed by atoms with Crippen molar-refractivity contribution in [2.45, 2.75) is 24.9 Å². The summed E-state index contributed by atoms with van der Waals surface area (Å²) in [6, 6.07) is 15.9. The summed E-state index contributed by atoms with van der Waals surface area (Å²) in [6.07, 6.45) is 6.46. The van der Waals surface area contributed by atoms with E-state index < -0.39 is 0 Å². The molecule has 1 atom stereocenters. The third kappa shape index (κ3) is 3.90. The zero-order valence-corrected chi connectivity index (χ0v) is 12.6. The van der Waals surface area contributed by atoms with Gasteiger partial charge in [-0.05, 0) is 43.1 Å². The van der Waals surface area contributed by atoms with Crippen LogP contribution in [-0.4, -0.2) is 36.1 Å². The zero-order valence-electron chi connectivity index (χ0n) is 12.6. The quantitative estimate of drug-likeness (QED) is 0.846. The van der Waals surface area contributed by atoms with E-state index in [-0.39, 0.29) is 6.04 Å². The summed E-state index contributed by atoms with van der Waals surface area (Å²) in [6.45, 7) is 2.09. The van der Waals surface area contributed by atoms with E-state index in [0.29, 0.717) is 0 Å². The fourth-order valence-corrected chi connectivity index (χ4v) is 2.71. The lowest BCUT2D eigenvalue weighted by atomic mass is 10.00. The Morgan fingerprint density at radius 1 is 1.10 bits per heavy atom. The van der Waals surface area contributed by atoms with Crippen molar-refractivity contribution in [1.82, 2.24) is 15.2 Å². The molecule has 0 bridgehead atoms. The molecule has 1 N–H and O–H groups in total. The summed E-state index contributed by atoms with van der Waals surface area (Å²) in [5.41, 5.74) is 2.57. The predicted octanol–water partition coefficient (Wildman–Crippen LogP) is 2.85. The second-order valence-electron chi connectivity index (χ2n) is 5.79. The molecule has 1 saturated carbocycles. The van der Waals surface area contributed by atoms with Crippen LogP contribution in [0.1, 0.15) is 30.0 Å². The lowest BCUT2D eigenvalue weighted by Gasteiger charge is -2.22. The molecule has 1 aromatic heterocycles. The zero-order chi connectivity index (χ0) is 14.5. The smallest absolute Gasteiger partial charge is 0.0578 e. The molecule has 0 amide bonds. The Labute approximate surface area is 127 Å². The molecule has 0 spiro atoms. The van der Waals surface area contributed by atoms with E-state index in [2.05, 4.69) is 64.7 Å². The molecule has 21 heavy (non-hydrogen) atoms. The Morgan fingerprint density at radius 3 is 2.43 bits per heavy atom. The fraction of sp³-hybridized carbons (Fsp3) is 0.389. The molecule has 3 nitrogen and oxygen atoms in total. The van der Waals surface area contributed by atoms with Crippen LogP contribution < -0.4 is 5.32 Å². The molecule has 1 aliphatic carbocycles. The average molecular weight is 281 g/mol. The topological polar surface area (TPSA) is 28.2 Å². The van der Waals surface area contributed by atoms with Crippen LogP contribution in [0.4, 0.5) is 0 Å². The highest BCUT2D eigenvalue weighted by atomic mass is 15.2. The Hall–Kier alpha value is -1.71. The van der Waals surface area contributed by atoms with E-state index in [1.54, 1.807) is 0 Å². The van der Waals surface area contributed by atoms with Gasteiger partial charge in [-0.1, -0.05) is 30.3 Å². The molecule has 0 saturated heterocycles. The van der Waals surface area contributed by atoms with E-state index in [1.807, 2.05) is 12.4 Å². The Bertz CT molecular complexity index is 497. The third-order valence-electron chi connectivity index (χ3n) is 4.16. The van der Waals surface area contributed by atoms with E-state index in [9.17, 15) is 0 Å². The molecular formula is C18H23N3. The highest BCUT2D eigenvalue weighted by Crippen LogP contribution is 2.25. The molecule has 2 aromatic rings. The molecule has 3 heteroatoms. The van der Waals surface area contributed by atoms with Gasteiger partial charge in [-0.25, -0.2) is 0 Å². The first-order valence-corrected chi connectivity index (χ1v) is 7.73. The normalized spacial score (nSPS) is 16.1. The van der Waals surface area contributed by atoms with Gasteiger partial charge in [0.25, 0.3) is 0 Å². The second kappa shape index (κ2) is 6.83. The predicted molar refractivity (Wildman–Crippen MR) is 86.2 cm³/mol. The van der Waals surface area contributed by atoms with Crippen molar-refractivity contribution in [1.29, 1.82) is 0 Å². The summed E-state index contributed by atoms with van der Waals surface area (Å²) >= 11 is 0. The Balaban J connectivity index is 1.67. The standard InChI is InChI=1S/C18H23N3/c1-21(17-7-8-17)14-13-20-18(15-5-3-2-4-6-15)16-9-11-19-12-10-16/h2-6,9-12,17-18,20H,7-8,13-14H2,1H3. The number of benzene rings is 1. The largest absolute Gasteiger partial charge is 0.305 e. The molecular weight excluding hydrogens is 258 g/mol. The SMILES string of the molecule is CN(CCNC(c1ccccc1)c1ccncc1)C1CC1. The average Bonchev–Trinajstić information content (AvgIpc) is 3.38. The number of pyridine rings is 1. The number of likely N-dealkylation sites (N-methyl/N-ethyl adjacent to an activating group) is 1. The highest BCUT2D eigenvalue weighted by Gasteiger charge is 2.25. The number of hydrogen-bond acceptors (Lipinski definition) is 3. The van der Waals surface area contributed by atoms with Crippen molar-refractivity contribution in [3.8, 4) is 0 Å². The molecule has 1 aliphatic rings. The summed E-state index contributed by atoms with van der Waals surface area (Å²) in [7, 11) is 2.23. The monoisotopic (exact) mass is 281 g/mol. The van der Waals surface area contributed by atoms with Crippen molar-refractivity contribution in [2.75, 3.05) is 20.1 Å². The number of hydrogen-bond donors (Lipinski definition) is 1. The summed E-state index contributed by atoms with van der Waals surface area (Å²) in [5, 5.41) is 3.70.